The lowest BCUT2D eigenvalue weighted by Crippen LogP contribution is -2.67. The van der Waals surface area contributed by atoms with Gasteiger partial charge < -0.3 is 59.8 Å². The highest BCUT2D eigenvalue weighted by atomic mass is 16.7. The van der Waals surface area contributed by atoms with Gasteiger partial charge in [0.15, 0.2) is 18.7 Å². The van der Waals surface area contributed by atoms with E-state index >= 15 is 0 Å². The summed E-state index contributed by atoms with van der Waals surface area (Å²) in [6.07, 6.45) is -5.93. The molecule has 1 aliphatic heterocycles. The maximum absolute atomic E-state index is 13.0. The number of allylic oxidation sites excluding steroid dienone is 2. The minimum absolute atomic E-state index is 0.0331. The maximum Gasteiger partial charge on any atom is 0.337 e. The molecule has 322 valence electrons. The van der Waals surface area contributed by atoms with E-state index in [-0.39, 0.29) is 46.0 Å². The van der Waals surface area contributed by atoms with Crippen molar-refractivity contribution in [1.29, 1.82) is 0 Å². The van der Waals surface area contributed by atoms with E-state index in [1.54, 1.807) is 0 Å². The number of carboxylic acid groups (broad SMARTS) is 4. The second-order valence-electron chi connectivity index (χ2n) is 19.7. The van der Waals surface area contributed by atoms with Crippen molar-refractivity contribution < 1.29 is 79.0 Å². The lowest BCUT2D eigenvalue weighted by atomic mass is 9.33. The summed E-state index contributed by atoms with van der Waals surface area (Å²) < 4.78 is 22.3. The molecule has 8 N–H and O–H groups in total. The van der Waals surface area contributed by atoms with Crippen molar-refractivity contribution in [1.82, 2.24) is 0 Å². The minimum atomic E-state index is -2.48. The van der Waals surface area contributed by atoms with E-state index in [9.17, 15) is 54.9 Å². The zero-order valence-corrected chi connectivity index (χ0v) is 33.8. The number of carbonyl (C=O) groups is 4. The van der Waals surface area contributed by atoms with Gasteiger partial charge in [0.25, 0.3) is 0 Å². The predicted octanol–water partition coefficient (Wildman–Crippen LogP) is 3.02. The molecule has 0 bridgehead atoms. The number of fused-ring (bicyclic) bond motifs is 7. The second kappa shape index (κ2) is 15.1. The molecule has 57 heavy (non-hydrogen) atoms. The van der Waals surface area contributed by atoms with Crippen LogP contribution in [0.5, 0.6) is 0 Å². The van der Waals surface area contributed by atoms with Crippen molar-refractivity contribution in [2.45, 2.75) is 155 Å². The first-order valence-corrected chi connectivity index (χ1v) is 20.3. The van der Waals surface area contributed by atoms with Gasteiger partial charge in [-0.1, -0.05) is 53.2 Å². The Morgan fingerprint density at radius 3 is 2.14 bits per heavy atom. The van der Waals surface area contributed by atoms with Crippen molar-refractivity contribution in [2.24, 2.45) is 50.2 Å². The summed E-state index contributed by atoms with van der Waals surface area (Å²) in [5.74, 6) is -5.72. The lowest BCUT2D eigenvalue weighted by molar-refractivity contribution is -0.347. The highest BCUT2D eigenvalue weighted by Crippen LogP contribution is 2.76. The number of hydrogen-bond donors (Lipinski definition) is 8. The Labute approximate surface area is 332 Å². The molecule has 6 rings (SSSR count). The Bertz CT molecular complexity index is 1630. The first-order valence-electron chi connectivity index (χ1n) is 20.3. The average molecular weight is 811 g/mol. The van der Waals surface area contributed by atoms with Gasteiger partial charge in [-0.05, 0) is 104 Å². The fourth-order valence-corrected chi connectivity index (χ4v) is 13.0. The molecule has 0 spiro atoms. The molecular formula is C41H62O16. The van der Waals surface area contributed by atoms with Crippen LogP contribution in [0.25, 0.3) is 0 Å². The van der Waals surface area contributed by atoms with Gasteiger partial charge in [-0.25, -0.2) is 14.4 Å². The monoisotopic (exact) mass is 810 g/mol. The molecular weight excluding hydrogens is 748 g/mol. The largest absolute Gasteiger partial charge is 0.481 e. The van der Waals surface area contributed by atoms with E-state index in [1.807, 2.05) is 6.92 Å². The topological polar surface area (TPSA) is 267 Å². The molecule has 0 aromatic rings. The molecule has 4 saturated carbocycles. The van der Waals surface area contributed by atoms with Crippen molar-refractivity contribution in [3.63, 3.8) is 0 Å². The first kappa shape index (κ1) is 43.9. The van der Waals surface area contributed by atoms with E-state index < -0.39 is 90.5 Å². The zero-order valence-electron chi connectivity index (χ0n) is 33.8. The number of aliphatic hydroxyl groups excluding tert-OH is 4. The normalized spacial score (nSPS) is 46.1. The molecule has 16 unspecified atom stereocenters. The van der Waals surface area contributed by atoms with Gasteiger partial charge in [0.05, 0.1) is 18.1 Å². The maximum atomic E-state index is 13.0. The summed E-state index contributed by atoms with van der Waals surface area (Å²) in [7, 11) is 0. The molecule has 1 heterocycles. The van der Waals surface area contributed by atoms with Gasteiger partial charge in [-0.2, -0.15) is 0 Å². The van der Waals surface area contributed by atoms with Gasteiger partial charge in [-0.15, -0.1) is 0 Å². The summed E-state index contributed by atoms with van der Waals surface area (Å²) >= 11 is 0. The summed E-state index contributed by atoms with van der Waals surface area (Å²) in [5, 5.41) is 82.9. The van der Waals surface area contributed by atoms with Crippen LogP contribution in [0.4, 0.5) is 0 Å². The van der Waals surface area contributed by atoms with Crippen LogP contribution in [0.1, 0.15) is 106 Å². The van der Waals surface area contributed by atoms with E-state index in [1.165, 1.54) is 5.57 Å². The van der Waals surface area contributed by atoms with E-state index in [0.29, 0.717) is 25.7 Å². The summed E-state index contributed by atoms with van der Waals surface area (Å²) in [6, 6.07) is 0. The van der Waals surface area contributed by atoms with E-state index in [2.05, 4.69) is 40.7 Å². The van der Waals surface area contributed by atoms with Crippen molar-refractivity contribution in [3.05, 3.63) is 11.6 Å². The van der Waals surface area contributed by atoms with Crippen LogP contribution in [0.3, 0.4) is 0 Å². The Morgan fingerprint density at radius 1 is 0.877 bits per heavy atom. The smallest absolute Gasteiger partial charge is 0.337 e. The van der Waals surface area contributed by atoms with Gasteiger partial charge in [0.2, 0.25) is 6.10 Å². The Hall–Kier alpha value is -2.70. The molecule has 0 aromatic carbocycles. The third kappa shape index (κ3) is 6.93. The van der Waals surface area contributed by atoms with E-state index in [0.717, 1.165) is 38.5 Å². The Kier molecular flexibility index (Phi) is 11.6. The van der Waals surface area contributed by atoms with Crippen LogP contribution in [0.15, 0.2) is 11.6 Å². The quantitative estimate of drug-likeness (QED) is 0.0800. The van der Waals surface area contributed by atoms with Gasteiger partial charge in [0.1, 0.15) is 24.9 Å². The van der Waals surface area contributed by atoms with Crippen LogP contribution >= 0.6 is 0 Å². The SMILES string of the molecule is CC1(C)CCC2(C(=O)O)CCC3(C)C(=CCC4C5(C)CCC(OC6OC(C(=O)O)C(O)C(OC(OCC(=O)O)C(O)C(=O)O)C6O)C(C)(CO)C5CCC43C)C2C1. The van der Waals surface area contributed by atoms with Crippen molar-refractivity contribution >= 4 is 23.9 Å². The van der Waals surface area contributed by atoms with Crippen LogP contribution < -0.4 is 0 Å². The number of carboxylic acids is 4. The number of ether oxygens (including phenoxy) is 4. The van der Waals surface area contributed by atoms with E-state index in [4.69, 9.17) is 24.1 Å². The molecule has 1 saturated heterocycles. The Morgan fingerprint density at radius 2 is 1.54 bits per heavy atom. The molecule has 5 fully saturated rings. The highest BCUT2D eigenvalue weighted by molar-refractivity contribution is 5.77. The molecule has 16 atom stereocenters. The first-order chi connectivity index (χ1) is 26.4. The standard InChI is InChI=1S/C41H62O16/c1-36(2)13-15-41(35(52)53)16-14-39(5)20(21(41)17-36)7-8-23-37(3)11-10-24(38(4,19-42)22(37)9-12-40(23,39)6)55-34-27(46)29(26(45)30(57-34)32(50)51)56-33(28(47)31(48)49)54-18-25(43)44/h7,21-24,26-30,33-34,42,45-47H,8-19H2,1-6H3,(H,43,44)(H,48,49)(H,50,51)(H,52,53). The fraction of sp³-hybridized carbons (Fsp3) is 0.854. The van der Waals surface area contributed by atoms with Crippen LogP contribution in [-0.4, -0.2) is 127 Å². The average Bonchev–Trinajstić information content (AvgIpc) is 3.12. The number of aliphatic hydroxyl groups is 4. The molecule has 5 aliphatic carbocycles. The molecule has 16 nitrogen and oxygen atoms in total. The molecule has 6 aliphatic rings. The zero-order chi connectivity index (χ0) is 42.3. The number of rotatable bonds is 12. The highest BCUT2D eigenvalue weighted by Gasteiger charge is 2.70. The third-order valence-electron chi connectivity index (χ3n) is 16.4. The lowest BCUT2D eigenvalue weighted by Gasteiger charge is -2.71. The second-order valence-corrected chi connectivity index (χ2v) is 19.7. The summed E-state index contributed by atoms with van der Waals surface area (Å²) in [6.45, 7) is 12.0. The van der Waals surface area contributed by atoms with Gasteiger partial charge in [0, 0.05) is 5.41 Å². The minimum Gasteiger partial charge on any atom is -0.481 e. The molecule has 16 heteroatoms. The molecule has 0 aromatic heterocycles. The van der Waals surface area contributed by atoms with Crippen LogP contribution in [0.2, 0.25) is 0 Å². The van der Waals surface area contributed by atoms with Crippen LogP contribution in [-0.2, 0) is 38.1 Å². The molecule has 0 amide bonds. The summed E-state index contributed by atoms with van der Waals surface area (Å²) in [4.78, 5) is 48.0. The fourth-order valence-electron chi connectivity index (χ4n) is 13.0. The van der Waals surface area contributed by atoms with Gasteiger partial charge >= 0.3 is 23.9 Å². The number of aliphatic carboxylic acids is 4. The predicted molar refractivity (Wildman–Crippen MR) is 197 cm³/mol. The van der Waals surface area contributed by atoms with Gasteiger partial charge in [-0.3, -0.25) is 4.79 Å². The van der Waals surface area contributed by atoms with Crippen molar-refractivity contribution in [3.8, 4) is 0 Å². The number of hydrogen-bond acceptors (Lipinski definition) is 12. The Balaban J connectivity index is 1.28. The summed E-state index contributed by atoms with van der Waals surface area (Å²) in [5.41, 5.74) is -1.06. The van der Waals surface area contributed by atoms with Crippen molar-refractivity contribution in [2.75, 3.05) is 13.2 Å². The molecule has 0 radical (unpaired) electrons. The third-order valence-corrected chi connectivity index (χ3v) is 16.4. The van der Waals surface area contributed by atoms with Crippen LogP contribution in [0, 0.1) is 50.2 Å².